The molecular weight excluding hydrogens is 265 g/mol. The van der Waals surface area contributed by atoms with Gasteiger partial charge in [-0.1, -0.05) is 18.2 Å². The predicted molar refractivity (Wildman–Crippen MR) is 72.5 cm³/mol. The number of alkyl halides is 1. The van der Waals surface area contributed by atoms with Gasteiger partial charge in [-0.3, -0.25) is 0 Å². The van der Waals surface area contributed by atoms with Crippen molar-refractivity contribution < 1.29 is 17.9 Å². The largest absolute Gasteiger partial charge is 0.460 e. The van der Waals surface area contributed by atoms with Crippen LogP contribution < -0.4 is 4.74 Å². The number of benzene rings is 1. The van der Waals surface area contributed by atoms with Crippen LogP contribution in [-0.4, -0.2) is 6.86 Å². The Labute approximate surface area is 117 Å². The molecule has 0 spiro atoms. The highest BCUT2D eigenvalue weighted by Crippen LogP contribution is 2.38. The van der Waals surface area contributed by atoms with Crippen LogP contribution in [0.1, 0.15) is 44.1 Å². The molecular formula is C16H19F3O. The van der Waals surface area contributed by atoms with E-state index in [0.717, 1.165) is 25.7 Å². The highest BCUT2D eigenvalue weighted by molar-refractivity contribution is 5.33. The number of rotatable bonds is 4. The minimum absolute atomic E-state index is 0.0328. The lowest BCUT2D eigenvalue weighted by atomic mass is 9.78. The van der Waals surface area contributed by atoms with Gasteiger partial charge in [0.05, 0.1) is 0 Å². The van der Waals surface area contributed by atoms with E-state index in [9.17, 15) is 13.2 Å². The van der Waals surface area contributed by atoms with Crippen molar-refractivity contribution in [1.82, 2.24) is 0 Å². The lowest BCUT2D eigenvalue weighted by Crippen LogP contribution is -2.13. The van der Waals surface area contributed by atoms with Crippen LogP contribution in [0.2, 0.25) is 0 Å². The summed E-state index contributed by atoms with van der Waals surface area (Å²) in [6.07, 6.45) is 7.86. The quantitative estimate of drug-likeness (QED) is 0.697. The maximum atomic E-state index is 14.0. The van der Waals surface area contributed by atoms with Gasteiger partial charge in [-0.25, -0.2) is 8.78 Å². The van der Waals surface area contributed by atoms with Gasteiger partial charge in [0.2, 0.25) is 12.7 Å². The zero-order chi connectivity index (χ0) is 14.5. The van der Waals surface area contributed by atoms with Gasteiger partial charge in [0.15, 0.2) is 11.6 Å². The molecule has 0 atom stereocenters. The molecule has 110 valence electrons. The molecule has 1 aliphatic carbocycles. The molecule has 4 heteroatoms. The summed E-state index contributed by atoms with van der Waals surface area (Å²) in [5.41, 5.74) is 0.382. The highest BCUT2D eigenvalue weighted by Gasteiger charge is 2.25. The maximum Gasteiger partial charge on any atom is 0.228 e. The lowest BCUT2D eigenvalue weighted by molar-refractivity contribution is 0.182. The Morgan fingerprint density at radius 1 is 1.15 bits per heavy atom. The molecule has 0 heterocycles. The Kier molecular flexibility index (Phi) is 5.10. The van der Waals surface area contributed by atoms with Crippen LogP contribution in [0.15, 0.2) is 24.3 Å². The van der Waals surface area contributed by atoms with Gasteiger partial charge < -0.3 is 4.74 Å². The topological polar surface area (TPSA) is 9.23 Å². The van der Waals surface area contributed by atoms with Gasteiger partial charge in [0, 0.05) is 0 Å². The summed E-state index contributed by atoms with van der Waals surface area (Å²) in [6.45, 7) is 0.828. The molecule has 1 aromatic rings. The number of allylic oxidation sites excluding steroid dienone is 2. The first-order valence-electron chi connectivity index (χ1n) is 6.96. The van der Waals surface area contributed by atoms with Gasteiger partial charge in [-0.2, -0.15) is 4.39 Å². The lowest BCUT2D eigenvalue weighted by Gasteiger charge is -2.27. The molecule has 1 nitrogen and oxygen atoms in total. The highest BCUT2D eigenvalue weighted by atomic mass is 19.2. The molecule has 2 rings (SSSR count). The third-order valence-electron chi connectivity index (χ3n) is 3.96. The second-order valence-electron chi connectivity index (χ2n) is 5.17. The molecule has 0 N–H and O–H groups in total. The molecule has 0 unspecified atom stereocenters. The number of ether oxygens (including phenoxy) is 1. The Hall–Kier alpha value is -1.45. The van der Waals surface area contributed by atoms with E-state index in [1.807, 2.05) is 13.0 Å². The molecule has 0 aliphatic heterocycles. The van der Waals surface area contributed by atoms with E-state index in [0.29, 0.717) is 11.5 Å². The average Bonchev–Trinajstić information content (AvgIpc) is 2.46. The fourth-order valence-electron chi connectivity index (χ4n) is 2.93. The van der Waals surface area contributed by atoms with Crippen molar-refractivity contribution in [3.05, 3.63) is 41.5 Å². The Morgan fingerprint density at radius 3 is 2.45 bits per heavy atom. The smallest absolute Gasteiger partial charge is 0.228 e. The van der Waals surface area contributed by atoms with Crippen molar-refractivity contribution in [1.29, 1.82) is 0 Å². The van der Waals surface area contributed by atoms with E-state index in [2.05, 4.69) is 10.8 Å². The first-order chi connectivity index (χ1) is 9.67. The zero-order valence-electron chi connectivity index (χ0n) is 11.5. The molecule has 1 saturated carbocycles. The number of hydrogen-bond acceptors (Lipinski definition) is 1. The molecule has 20 heavy (non-hydrogen) atoms. The SMILES string of the molecule is CC=CC1CCC(c2ccc(OCF)c(F)c2F)CC1. The zero-order valence-corrected chi connectivity index (χ0v) is 11.5. The molecule has 0 radical (unpaired) electrons. The summed E-state index contributed by atoms with van der Waals surface area (Å²) in [6, 6.07) is 2.83. The van der Waals surface area contributed by atoms with Gasteiger partial charge >= 0.3 is 0 Å². The second-order valence-corrected chi connectivity index (χ2v) is 5.17. The van der Waals surface area contributed by atoms with Crippen LogP contribution in [0.4, 0.5) is 13.2 Å². The van der Waals surface area contributed by atoms with E-state index in [1.54, 1.807) is 0 Å². The Morgan fingerprint density at radius 2 is 1.85 bits per heavy atom. The van der Waals surface area contributed by atoms with Gasteiger partial charge in [0.1, 0.15) is 0 Å². The van der Waals surface area contributed by atoms with Crippen LogP contribution in [-0.2, 0) is 0 Å². The number of halogens is 3. The van der Waals surface area contributed by atoms with Crippen molar-refractivity contribution in [2.45, 2.75) is 38.5 Å². The summed E-state index contributed by atoms with van der Waals surface area (Å²) in [7, 11) is 0. The van der Waals surface area contributed by atoms with Crippen molar-refractivity contribution >= 4 is 0 Å². The third-order valence-corrected chi connectivity index (χ3v) is 3.96. The van der Waals surface area contributed by atoms with Crippen LogP contribution >= 0.6 is 0 Å². The maximum absolute atomic E-state index is 14.0. The predicted octanol–water partition coefficient (Wildman–Crippen LogP) is 5.12. The molecule has 0 saturated heterocycles. The van der Waals surface area contributed by atoms with Crippen LogP contribution in [0.25, 0.3) is 0 Å². The summed E-state index contributed by atoms with van der Waals surface area (Å²) in [4.78, 5) is 0. The molecule has 1 aromatic carbocycles. The van der Waals surface area contributed by atoms with Gasteiger partial charge in [-0.15, -0.1) is 0 Å². The fourth-order valence-corrected chi connectivity index (χ4v) is 2.93. The van der Waals surface area contributed by atoms with Crippen molar-refractivity contribution in [3.8, 4) is 5.75 Å². The monoisotopic (exact) mass is 284 g/mol. The van der Waals surface area contributed by atoms with E-state index >= 15 is 0 Å². The summed E-state index contributed by atoms with van der Waals surface area (Å²) in [5.74, 6) is -1.78. The first kappa shape index (κ1) is 14.9. The second kappa shape index (κ2) is 6.82. The van der Waals surface area contributed by atoms with Crippen molar-refractivity contribution in [3.63, 3.8) is 0 Å². The molecule has 0 bridgehead atoms. The van der Waals surface area contributed by atoms with Crippen LogP contribution in [0.5, 0.6) is 5.75 Å². The van der Waals surface area contributed by atoms with Crippen molar-refractivity contribution in [2.75, 3.05) is 6.86 Å². The third kappa shape index (κ3) is 3.17. The molecule has 1 aliphatic rings. The standard InChI is InChI=1S/C16H19F3O/c1-2-3-11-4-6-12(7-5-11)13-8-9-14(20-10-17)16(19)15(13)18/h2-3,8-9,11-12H,4-7,10H2,1H3. The van der Waals surface area contributed by atoms with Gasteiger partial charge in [0.25, 0.3) is 0 Å². The van der Waals surface area contributed by atoms with Crippen LogP contribution in [0.3, 0.4) is 0 Å². The van der Waals surface area contributed by atoms with E-state index in [-0.39, 0.29) is 11.7 Å². The normalized spacial score (nSPS) is 23.2. The van der Waals surface area contributed by atoms with Crippen LogP contribution in [0, 0.1) is 17.6 Å². The van der Waals surface area contributed by atoms with Crippen molar-refractivity contribution in [2.24, 2.45) is 5.92 Å². The minimum atomic E-state index is -1.16. The molecule has 1 fully saturated rings. The average molecular weight is 284 g/mol. The van der Waals surface area contributed by atoms with E-state index in [4.69, 9.17) is 0 Å². The Bertz CT molecular complexity index is 477. The first-order valence-corrected chi connectivity index (χ1v) is 6.96. The molecule has 0 aromatic heterocycles. The summed E-state index contributed by atoms with van der Waals surface area (Å²) in [5, 5.41) is 0. The van der Waals surface area contributed by atoms with E-state index < -0.39 is 18.5 Å². The number of hydrogen-bond donors (Lipinski definition) is 0. The minimum Gasteiger partial charge on any atom is -0.460 e. The van der Waals surface area contributed by atoms with Gasteiger partial charge in [-0.05, 0) is 56.1 Å². The summed E-state index contributed by atoms with van der Waals surface area (Å²) >= 11 is 0. The van der Waals surface area contributed by atoms with E-state index in [1.165, 1.54) is 12.1 Å². The Balaban J connectivity index is 2.12. The summed E-state index contributed by atoms with van der Waals surface area (Å²) < 4.78 is 44.2. The fraction of sp³-hybridized carbons (Fsp3) is 0.500. The molecule has 0 amide bonds.